The molecule has 16 heavy (non-hydrogen) atoms. The first kappa shape index (κ1) is 10.3. The van der Waals surface area contributed by atoms with Gasteiger partial charge in [-0.25, -0.2) is 4.39 Å². The molecule has 0 unspecified atom stereocenters. The van der Waals surface area contributed by atoms with E-state index in [-0.39, 0.29) is 5.56 Å². The zero-order chi connectivity index (χ0) is 11.5. The van der Waals surface area contributed by atoms with Crippen molar-refractivity contribution >= 4 is 0 Å². The van der Waals surface area contributed by atoms with E-state index in [1.165, 1.54) is 12.1 Å². The molecule has 0 saturated carbocycles. The zero-order valence-electron chi connectivity index (χ0n) is 8.44. The van der Waals surface area contributed by atoms with Gasteiger partial charge in [-0.05, 0) is 30.7 Å². The number of hydrogen-bond donors (Lipinski definition) is 0. The highest BCUT2D eigenvalue weighted by Gasteiger charge is 2.04. The topological polar surface area (TPSA) is 36.7 Å². The quantitative estimate of drug-likeness (QED) is 0.727. The molecule has 1 heterocycles. The van der Waals surface area contributed by atoms with Crippen molar-refractivity contribution in [2.24, 2.45) is 0 Å². The molecule has 0 aliphatic rings. The Morgan fingerprint density at radius 1 is 1.25 bits per heavy atom. The lowest BCUT2D eigenvalue weighted by Crippen LogP contribution is -1.88. The molecule has 2 rings (SSSR count). The fourth-order valence-electron chi connectivity index (χ4n) is 1.36. The Hall–Kier alpha value is -2.21. The molecule has 0 N–H and O–H groups in total. The van der Waals surface area contributed by atoms with Gasteiger partial charge in [0.25, 0.3) is 0 Å². The molecule has 0 spiro atoms. The normalized spacial score (nSPS) is 9.81. The molecule has 0 amide bonds. The van der Waals surface area contributed by atoms with E-state index in [1.807, 2.05) is 0 Å². The third-order valence-electron chi connectivity index (χ3n) is 2.21. The number of halogens is 1. The summed E-state index contributed by atoms with van der Waals surface area (Å²) in [5.41, 5.74) is 2.16. The van der Waals surface area contributed by atoms with Crippen LogP contribution >= 0.6 is 0 Å². The van der Waals surface area contributed by atoms with Crippen LogP contribution in [0.4, 0.5) is 4.39 Å². The standard InChI is InChI=1S/C13H8FN2/c1-9-2-5-13(16-8-9)10-3-4-11(7-15)12(14)6-10/h2-6,8H,1H2. The molecule has 0 saturated heterocycles. The molecule has 3 heteroatoms. The molecule has 2 nitrogen and oxygen atoms in total. The Kier molecular flexibility index (Phi) is 2.65. The van der Waals surface area contributed by atoms with E-state index >= 15 is 0 Å². The molecule has 1 radical (unpaired) electrons. The van der Waals surface area contributed by atoms with Crippen LogP contribution in [0.3, 0.4) is 0 Å². The second-order valence-electron chi connectivity index (χ2n) is 3.36. The summed E-state index contributed by atoms with van der Waals surface area (Å²) in [6.45, 7) is 3.72. The van der Waals surface area contributed by atoms with Crippen molar-refractivity contribution in [1.29, 1.82) is 5.26 Å². The van der Waals surface area contributed by atoms with Crippen LogP contribution in [-0.4, -0.2) is 4.98 Å². The van der Waals surface area contributed by atoms with E-state index in [9.17, 15) is 4.39 Å². The predicted molar refractivity (Wildman–Crippen MR) is 58.8 cm³/mol. The van der Waals surface area contributed by atoms with Gasteiger partial charge < -0.3 is 0 Å². The molecule has 0 fully saturated rings. The van der Waals surface area contributed by atoms with Crippen molar-refractivity contribution < 1.29 is 4.39 Å². The van der Waals surface area contributed by atoms with Crippen LogP contribution in [0.1, 0.15) is 11.1 Å². The van der Waals surface area contributed by atoms with Crippen LogP contribution in [0, 0.1) is 24.1 Å². The molecule has 77 valence electrons. The SMILES string of the molecule is [CH2]c1ccc(-c2ccc(C#N)c(F)c2)nc1. The lowest BCUT2D eigenvalue weighted by molar-refractivity contribution is 0.624. The van der Waals surface area contributed by atoms with Gasteiger partial charge >= 0.3 is 0 Å². The highest BCUT2D eigenvalue weighted by Crippen LogP contribution is 2.19. The van der Waals surface area contributed by atoms with Crippen molar-refractivity contribution in [3.63, 3.8) is 0 Å². The first-order valence-electron chi connectivity index (χ1n) is 4.69. The van der Waals surface area contributed by atoms with E-state index in [0.29, 0.717) is 11.3 Å². The van der Waals surface area contributed by atoms with Crippen molar-refractivity contribution in [2.75, 3.05) is 0 Å². The Bertz CT molecular complexity index is 553. The van der Waals surface area contributed by atoms with Crippen molar-refractivity contribution in [1.82, 2.24) is 4.98 Å². The van der Waals surface area contributed by atoms with E-state index in [1.54, 1.807) is 30.5 Å². The van der Waals surface area contributed by atoms with Gasteiger partial charge in [0.05, 0.1) is 11.3 Å². The summed E-state index contributed by atoms with van der Waals surface area (Å²) in [4.78, 5) is 4.13. The highest BCUT2D eigenvalue weighted by atomic mass is 19.1. The fourth-order valence-corrected chi connectivity index (χ4v) is 1.36. The summed E-state index contributed by atoms with van der Waals surface area (Å²) in [5, 5.41) is 8.60. The van der Waals surface area contributed by atoms with Crippen LogP contribution in [0.5, 0.6) is 0 Å². The number of benzene rings is 1. The lowest BCUT2D eigenvalue weighted by Gasteiger charge is -2.02. The number of aromatic nitrogens is 1. The Labute approximate surface area is 93.0 Å². The summed E-state index contributed by atoms with van der Waals surface area (Å²) in [6, 6.07) is 9.78. The molecular weight excluding hydrogens is 203 g/mol. The number of pyridine rings is 1. The van der Waals surface area contributed by atoms with Crippen LogP contribution in [-0.2, 0) is 0 Å². The molecule has 0 bridgehead atoms. The molecule has 2 aromatic rings. The van der Waals surface area contributed by atoms with Crippen molar-refractivity contribution in [3.8, 4) is 17.3 Å². The van der Waals surface area contributed by atoms with Gasteiger partial charge in [-0.1, -0.05) is 12.1 Å². The summed E-state index contributed by atoms with van der Waals surface area (Å²) in [5.74, 6) is -0.527. The summed E-state index contributed by atoms with van der Waals surface area (Å²) in [6.07, 6.45) is 1.62. The van der Waals surface area contributed by atoms with Crippen molar-refractivity contribution in [2.45, 2.75) is 0 Å². The molecule has 1 aromatic carbocycles. The second-order valence-corrected chi connectivity index (χ2v) is 3.36. The fraction of sp³-hybridized carbons (Fsp3) is 0. The first-order valence-corrected chi connectivity index (χ1v) is 4.69. The minimum atomic E-state index is -0.527. The van der Waals surface area contributed by atoms with Gasteiger partial charge in [0.2, 0.25) is 0 Å². The van der Waals surface area contributed by atoms with Gasteiger partial charge in [-0.15, -0.1) is 0 Å². The summed E-state index contributed by atoms with van der Waals surface area (Å²) < 4.78 is 13.4. The van der Waals surface area contributed by atoms with Crippen molar-refractivity contribution in [3.05, 3.63) is 60.4 Å². The summed E-state index contributed by atoms with van der Waals surface area (Å²) in [7, 11) is 0. The average molecular weight is 211 g/mol. The molecule has 0 aliphatic heterocycles. The van der Waals surface area contributed by atoms with Gasteiger partial charge in [0.1, 0.15) is 11.9 Å². The Balaban J connectivity index is 2.46. The number of hydrogen-bond acceptors (Lipinski definition) is 2. The first-order chi connectivity index (χ1) is 7.70. The molecule has 1 aromatic heterocycles. The number of rotatable bonds is 1. The third kappa shape index (κ3) is 1.91. The Morgan fingerprint density at radius 3 is 2.62 bits per heavy atom. The third-order valence-corrected chi connectivity index (χ3v) is 2.21. The van der Waals surface area contributed by atoms with E-state index < -0.39 is 5.82 Å². The maximum Gasteiger partial charge on any atom is 0.141 e. The lowest BCUT2D eigenvalue weighted by atomic mass is 10.1. The minimum absolute atomic E-state index is 0.0394. The van der Waals surface area contributed by atoms with Gasteiger partial charge in [-0.3, -0.25) is 4.98 Å². The number of nitriles is 1. The molecule has 0 atom stereocenters. The van der Waals surface area contributed by atoms with Crippen LogP contribution in [0.25, 0.3) is 11.3 Å². The molecular formula is C13H8FN2. The maximum atomic E-state index is 13.4. The zero-order valence-corrected chi connectivity index (χ0v) is 8.44. The van der Waals surface area contributed by atoms with Gasteiger partial charge in [-0.2, -0.15) is 5.26 Å². The molecule has 0 aliphatic carbocycles. The smallest absolute Gasteiger partial charge is 0.141 e. The maximum absolute atomic E-state index is 13.4. The average Bonchev–Trinajstić information content (AvgIpc) is 2.30. The monoisotopic (exact) mass is 211 g/mol. The summed E-state index contributed by atoms with van der Waals surface area (Å²) >= 11 is 0. The Morgan fingerprint density at radius 2 is 2.06 bits per heavy atom. The van der Waals surface area contributed by atoms with E-state index in [0.717, 1.165) is 5.56 Å². The van der Waals surface area contributed by atoms with E-state index in [4.69, 9.17) is 5.26 Å². The van der Waals surface area contributed by atoms with Crippen LogP contribution < -0.4 is 0 Å². The highest BCUT2D eigenvalue weighted by molar-refractivity contribution is 5.60. The van der Waals surface area contributed by atoms with Gasteiger partial charge in [0, 0.05) is 11.8 Å². The number of nitrogens with zero attached hydrogens (tertiary/aromatic N) is 2. The van der Waals surface area contributed by atoms with Crippen LogP contribution in [0.15, 0.2) is 36.5 Å². The van der Waals surface area contributed by atoms with E-state index in [2.05, 4.69) is 11.9 Å². The van der Waals surface area contributed by atoms with Crippen LogP contribution in [0.2, 0.25) is 0 Å². The van der Waals surface area contributed by atoms with Gasteiger partial charge in [0.15, 0.2) is 0 Å². The second kappa shape index (κ2) is 4.11. The predicted octanol–water partition coefficient (Wildman–Crippen LogP) is 2.94. The largest absolute Gasteiger partial charge is 0.256 e. The minimum Gasteiger partial charge on any atom is -0.256 e.